The highest BCUT2D eigenvalue weighted by Crippen LogP contribution is 2.32. The number of phenolic OH excluding ortho intramolecular Hbond substituents is 1. The van der Waals surface area contributed by atoms with Crippen molar-refractivity contribution in [1.82, 2.24) is 9.97 Å². The molecule has 0 saturated heterocycles. The number of benzene rings is 1. The van der Waals surface area contributed by atoms with Crippen molar-refractivity contribution in [3.8, 4) is 5.75 Å². The number of hydrogen-bond donors (Lipinski definition) is 2. The van der Waals surface area contributed by atoms with Crippen molar-refractivity contribution in [2.75, 3.05) is 5.32 Å². The molecule has 2 N–H and O–H groups in total. The van der Waals surface area contributed by atoms with Crippen LogP contribution in [0.5, 0.6) is 5.75 Å². The molecule has 0 saturated carbocycles. The lowest BCUT2D eigenvalue weighted by atomic mass is 10.2. The predicted molar refractivity (Wildman–Crippen MR) is 78.3 cm³/mol. The molecule has 19 heavy (non-hydrogen) atoms. The monoisotopic (exact) mass is 271 g/mol. The highest BCUT2D eigenvalue weighted by atomic mass is 32.1. The number of thiophene rings is 1. The van der Waals surface area contributed by atoms with E-state index in [1.165, 1.54) is 11.2 Å². The van der Waals surface area contributed by atoms with Gasteiger partial charge in [0.15, 0.2) is 0 Å². The Labute approximate surface area is 114 Å². The molecule has 0 atom stereocenters. The van der Waals surface area contributed by atoms with Crippen LogP contribution in [0.25, 0.3) is 10.2 Å². The van der Waals surface area contributed by atoms with Gasteiger partial charge in [0.05, 0.1) is 11.1 Å². The summed E-state index contributed by atoms with van der Waals surface area (Å²) in [6.45, 7) is 3.98. The summed E-state index contributed by atoms with van der Waals surface area (Å²) in [4.78, 5) is 10.6. The van der Waals surface area contributed by atoms with Gasteiger partial charge in [0.2, 0.25) is 0 Å². The molecule has 3 aromatic rings. The van der Waals surface area contributed by atoms with Gasteiger partial charge >= 0.3 is 0 Å². The highest BCUT2D eigenvalue weighted by molar-refractivity contribution is 7.18. The molecular formula is C14H13N3OS. The second-order valence-electron chi connectivity index (χ2n) is 4.44. The van der Waals surface area contributed by atoms with E-state index in [4.69, 9.17) is 0 Å². The predicted octanol–water partition coefficient (Wildman–Crippen LogP) is 3.76. The van der Waals surface area contributed by atoms with E-state index >= 15 is 0 Å². The minimum Gasteiger partial charge on any atom is -0.506 e. The van der Waals surface area contributed by atoms with Crippen LogP contribution < -0.4 is 5.32 Å². The quantitative estimate of drug-likeness (QED) is 0.697. The van der Waals surface area contributed by atoms with Gasteiger partial charge in [-0.05, 0) is 37.6 Å². The topological polar surface area (TPSA) is 58.0 Å². The van der Waals surface area contributed by atoms with Crippen LogP contribution in [0.1, 0.15) is 10.4 Å². The Balaban J connectivity index is 2.05. The van der Waals surface area contributed by atoms with Crippen LogP contribution in [0.3, 0.4) is 0 Å². The van der Waals surface area contributed by atoms with E-state index in [9.17, 15) is 5.11 Å². The standard InChI is InChI=1S/C14H13N3OS/c1-8-3-4-11(12(18)5-8)17-13-10-6-9(2)19-14(10)16-7-15-13/h3-7,18H,1-2H3,(H,15,16,17). The highest BCUT2D eigenvalue weighted by Gasteiger charge is 2.09. The summed E-state index contributed by atoms with van der Waals surface area (Å²) in [5, 5.41) is 14.1. The molecule has 0 bridgehead atoms. The number of aromatic nitrogens is 2. The third kappa shape index (κ3) is 2.24. The molecule has 0 radical (unpaired) electrons. The molecule has 4 nitrogen and oxygen atoms in total. The number of anilines is 2. The maximum atomic E-state index is 9.93. The number of hydrogen-bond acceptors (Lipinski definition) is 5. The zero-order valence-electron chi connectivity index (χ0n) is 10.6. The first-order valence-corrected chi connectivity index (χ1v) is 6.73. The van der Waals surface area contributed by atoms with Gasteiger partial charge in [-0.25, -0.2) is 9.97 Å². The smallest absolute Gasteiger partial charge is 0.142 e. The first-order chi connectivity index (χ1) is 9.13. The van der Waals surface area contributed by atoms with Crippen LogP contribution in [-0.4, -0.2) is 15.1 Å². The Morgan fingerprint density at radius 2 is 2.00 bits per heavy atom. The molecule has 2 aromatic heterocycles. The third-order valence-electron chi connectivity index (χ3n) is 2.86. The third-order valence-corrected chi connectivity index (χ3v) is 3.82. The zero-order chi connectivity index (χ0) is 13.4. The first kappa shape index (κ1) is 11.9. The summed E-state index contributed by atoms with van der Waals surface area (Å²) < 4.78 is 0. The fraction of sp³-hybridized carbons (Fsp3) is 0.143. The van der Waals surface area contributed by atoms with E-state index in [0.717, 1.165) is 15.8 Å². The van der Waals surface area contributed by atoms with E-state index < -0.39 is 0 Å². The van der Waals surface area contributed by atoms with Gasteiger partial charge in [-0.15, -0.1) is 11.3 Å². The van der Waals surface area contributed by atoms with Gasteiger partial charge in [-0.2, -0.15) is 0 Å². The van der Waals surface area contributed by atoms with E-state index in [-0.39, 0.29) is 5.75 Å². The molecular weight excluding hydrogens is 258 g/mol. The lowest BCUT2D eigenvalue weighted by Gasteiger charge is -2.08. The molecule has 5 heteroatoms. The van der Waals surface area contributed by atoms with Gasteiger partial charge < -0.3 is 10.4 Å². The Kier molecular flexibility index (Phi) is 2.83. The number of phenols is 1. The van der Waals surface area contributed by atoms with E-state index in [1.54, 1.807) is 17.4 Å². The molecule has 1 aromatic carbocycles. The molecule has 2 heterocycles. The minimum atomic E-state index is 0.221. The summed E-state index contributed by atoms with van der Waals surface area (Å²) in [7, 11) is 0. The van der Waals surface area contributed by atoms with Crippen LogP contribution in [0.4, 0.5) is 11.5 Å². The largest absolute Gasteiger partial charge is 0.506 e. The van der Waals surface area contributed by atoms with Crippen LogP contribution in [0.15, 0.2) is 30.6 Å². The van der Waals surface area contributed by atoms with E-state index in [0.29, 0.717) is 11.5 Å². The van der Waals surface area contributed by atoms with E-state index in [1.807, 2.05) is 32.0 Å². The van der Waals surface area contributed by atoms with Gasteiger partial charge in [-0.1, -0.05) is 6.07 Å². The van der Waals surface area contributed by atoms with Gasteiger partial charge in [0.25, 0.3) is 0 Å². The summed E-state index contributed by atoms with van der Waals surface area (Å²) in [5.41, 5.74) is 1.66. The average molecular weight is 271 g/mol. The number of nitrogens with zero attached hydrogens (tertiary/aromatic N) is 2. The molecule has 0 unspecified atom stereocenters. The van der Waals surface area contributed by atoms with Crippen molar-refractivity contribution < 1.29 is 5.11 Å². The zero-order valence-corrected chi connectivity index (χ0v) is 11.5. The van der Waals surface area contributed by atoms with Crippen LogP contribution in [0.2, 0.25) is 0 Å². The van der Waals surface area contributed by atoms with Gasteiger partial charge in [-0.3, -0.25) is 0 Å². The van der Waals surface area contributed by atoms with Crippen molar-refractivity contribution in [3.05, 3.63) is 41.0 Å². The molecule has 0 amide bonds. The summed E-state index contributed by atoms with van der Waals surface area (Å²) in [6, 6.07) is 7.56. The van der Waals surface area contributed by atoms with Crippen molar-refractivity contribution in [3.63, 3.8) is 0 Å². The Morgan fingerprint density at radius 1 is 1.16 bits per heavy atom. The summed E-state index contributed by atoms with van der Waals surface area (Å²) in [6.07, 6.45) is 1.53. The minimum absolute atomic E-state index is 0.221. The molecule has 0 aliphatic heterocycles. The number of nitrogens with one attached hydrogen (secondary N) is 1. The number of rotatable bonds is 2. The van der Waals surface area contributed by atoms with E-state index in [2.05, 4.69) is 15.3 Å². The fourth-order valence-electron chi connectivity index (χ4n) is 1.95. The molecule has 0 aliphatic carbocycles. The van der Waals surface area contributed by atoms with Crippen LogP contribution in [0, 0.1) is 13.8 Å². The van der Waals surface area contributed by atoms with Gasteiger partial charge in [0.1, 0.15) is 22.7 Å². The van der Waals surface area contributed by atoms with Crippen molar-refractivity contribution in [1.29, 1.82) is 0 Å². The second-order valence-corrected chi connectivity index (χ2v) is 5.68. The molecule has 0 aliphatic rings. The number of fused-ring (bicyclic) bond motifs is 1. The molecule has 3 rings (SSSR count). The SMILES string of the molecule is Cc1ccc(Nc2ncnc3sc(C)cc23)c(O)c1. The maximum absolute atomic E-state index is 9.93. The Hall–Kier alpha value is -2.14. The van der Waals surface area contributed by atoms with Crippen LogP contribution in [-0.2, 0) is 0 Å². The average Bonchev–Trinajstić information content (AvgIpc) is 2.74. The first-order valence-electron chi connectivity index (χ1n) is 5.91. The second kappa shape index (κ2) is 4.51. The lowest BCUT2D eigenvalue weighted by molar-refractivity contribution is 0.477. The number of aromatic hydroxyl groups is 1. The Bertz CT molecular complexity index is 752. The summed E-state index contributed by atoms with van der Waals surface area (Å²) in [5.74, 6) is 0.937. The molecule has 0 fully saturated rings. The van der Waals surface area contributed by atoms with Crippen molar-refractivity contribution in [2.45, 2.75) is 13.8 Å². The number of aryl methyl sites for hydroxylation is 2. The molecule has 96 valence electrons. The van der Waals surface area contributed by atoms with Gasteiger partial charge in [0, 0.05) is 4.88 Å². The van der Waals surface area contributed by atoms with Crippen molar-refractivity contribution >= 4 is 33.1 Å². The maximum Gasteiger partial charge on any atom is 0.142 e. The van der Waals surface area contributed by atoms with Crippen molar-refractivity contribution in [2.24, 2.45) is 0 Å². The fourth-order valence-corrected chi connectivity index (χ4v) is 2.80. The summed E-state index contributed by atoms with van der Waals surface area (Å²) >= 11 is 1.63. The Morgan fingerprint density at radius 3 is 2.79 bits per heavy atom. The lowest BCUT2D eigenvalue weighted by Crippen LogP contribution is -1.95. The van der Waals surface area contributed by atoms with Crippen LogP contribution >= 0.6 is 11.3 Å². The normalized spacial score (nSPS) is 10.8. The molecule has 0 spiro atoms.